The number of nitro benzene ring substituents is 1. The minimum atomic E-state index is -1.13. The van der Waals surface area contributed by atoms with E-state index in [9.17, 15) is 28.9 Å². The predicted octanol–water partition coefficient (Wildman–Crippen LogP) is 3.22. The molecule has 11 nitrogen and oxygen atoms in total. The Balaban J connectivity index is 1.87. The van der Waals surface area contributed by atoms with Crippen molar-refractivity contribution in [1.29, 1.82) is 0 Å². The number of rotatable bonds is 6. The lowest BCUT2D eigenvalue weighted by Crippen LogP contribution is -2.19. The minimum Gasteiger partial charge on any atom is -0.466 e. The highest BCUT2D eigenvalue weighted by Gasteiger charge is 2.25. The zero-order valence-corrected chi connectivity index (χ0v) is 18.6. The zero-order chi connectivity index (χ0) is 24.8. The number of nitro groups is 1. The zero-order valence-electron chi connectivity index (χ0n) is 17.0. The van der Waals surface area contributed by atoms with E-state index in [4.69, 9.17) is 16.3 Å². The van der Waals surface area contributed by atoms with Crippen molar-refractivity contribution < 1.29 is 33.2 Å². The molecule has 1 aliphatic rings. The number of non-ortho nitro benzene ring substituents is 1. The van der Waals surface area contributed by atoms with Gasteiger partial charge in [-0.25, -0.2) is 14.0 Å². The normalized spacial score (nSPS) is 15.6. The first-order valence-electron chi connectivity index (χ1n) is 9.04. The van der Waals surface area contributed by atoms with Crippen LogP contribution >= 0.6 is 23.4 Å². The summed E-state index contributed by atoms with van der Waals surface area (Å²) in [6, 6.07) is 6.88. The van der Waals surface area contributed by atoms with Gasteiger partial charge in [0.2, 0.25) is 0 Å². The molecule has 0 radical (unpaired) electrons. The number of ether oxygens (including phenoxy) is 2. The Labute approximate surface area is 199 Å². The molecule has 0 bridgehead atoms. The molecule has 0 unspecified atom stereocenters. The van der Waals surface area contributed by atoms with E-state index in [1.54, 1.807) is 0 Å². The monoisotopic (exact) mass is 506 g/mol. The van der Waals surface area contributed by atoms with Crippen LogP contribution in [0.15, 0.2) is 57.6 Å². The molecule has 1 fully saturated rings. The summed E-state index contributed by atoms with van der Waals surface area (Å²) < 4.78 is 23.7. The molecule has 1 saturated heterocycles. The molecule has 0 aromatic heterocycles. The molecule has 1 amide bonds. The Morgan fingerprint density at radius 1 is 1.29 bits per heavy atom. The number of nitrogens with one attached hydrogen (secondary N) is 1. The number of carbonyl (C=O) groups is 3. The predicted molar refractivity (Wildman–Crippen MR) is 120 cm³/mol. The number of hydrogen-bond donors (Lipinski definition) is 1. The van der Waals surface area contributed by atoms with Gasteiger partial charge in [0.05, 0.1) is 28.2 Å². The highest BCUT2D eigenvalue weighted by molar-refractivity contribution is 8.18. The quantitative estimate of drug-likeness (QED) is 0.157. The summed E-state index contributed by atoms with van der Waals surface area (Å²) in [6.07, 6.45) is 2.00. The summed E-state index contributed by atoms with van der Waals surface area (Å²) >= 11 is 6.68. The number of thioether (sulfide) groups is 1. The van der Waals surface area contributed by atoms with Gasteiger partial charge in [0.25, 0.3) is 11.6 Å². The first-order chi connectivity index (χ1) is 16.2. The van der Waals surface area contributed by atoms with E-state index in [2.05, 4.69) is 20.3 Å². The number of amides is 1. The third kappa shape index (κ3) is 5.82. The maximum Gasteiger partial charge on any atom is 0.348 e. The van der Waals surface area contributed by atoms with E-state index in [1.807, 2.05) is 0 Å². The fraction of sp³-hybridized carbons (Fsp3) is 0.0500. The molecule has 1 aliphatic heterocycles. The Bertz CT molecular complexity index is 1280. The molecular formula is C20H12ClFN4O7S. The number of carbonyl (C=O) groups excluding carboxylic acids is 3. The molecule has 2 aromatic rings. The smallest absolute Gasteiger partial charge is 0.348 e. The second-order valence-corrected chi connectivity index (χ2v) is 7.64. The van der Waals surface area contributed by atoms with E-state index in [0.29, 0.717) is 0 Å². The molecule has 0 saturated carbocycles. The lowest BCUT2D eigenvalue weighted by Gasteiger charge is -2.09. The van der Waals surface area contributed by atoms with Gasteiger partial charge in [-0.1, -0.05) is 17.7 Å². The lowest BCUT2D eigenvalue weighted by atomic mass is 10.2. The standard InChI is InChI=1S/C20H12ClFN4O7S/c1-32-16(27)8-15-18(28)24-20(34-15)25-23-9-10-7-11(26(30)31)5-6-14(10)33-19(29)17-12(21)3-2-4-13(17)22/h2-9H,1H3,(H,24,25,28)/b15-8+,23-9?. The number of amidine groups is 1. The second-order valence-electron chi connectivity index (χ2n) is 6.20. The number of nitrogens with zero attached hydrogens (tertiary/aromatic N) is 3. The van der Waals surface area contributed by atoms with Gasteiger partial charge in [0.15, 0.2) is 5.17 Å². The van der Waals surface area contributed by atoms with Gasteiger partial charge in [-0.2, -0.15) is 5.10 Å². The van der Waals surface area contributed by atoms with Crippen molar-refractivity contribution in [2.24, 2.45) is 10.2 Å². The Morgan fingerprint density at radius 2 is 2.06 bits per heavy atom. The largest absolute Gasteiger partial charge is 0.466 e. The van der Waals surface area contributed by atoms with Crippen molar-refractivity contribution in [2.45, 2.75) is 0 Å². The van der Waals surface area contributed by atoms with Crippen LogP contribution < -0.4 is 10.1 Å². The minimum absolute atomic E-state index is 0.0125. The second kappa shape index (κ2) is 10.7. The third-order valence-corrected chi connectivity index (χ3v) is 5.24. The lowest BCUT2D eigenvalue weighted by molar-refractivity contribution is -0.384. The average molecular weight is 507 g/mol. The van der Waals surface area contributed by atoms with Crippen molar-refractivity contribution in [3.63, 3.8) is 0 Å². The van der Waals surface area contributed by atoms with Crippen molar-refractivity contribution in [3.8, 4) is 5.75 Å². The van der Waals surface area contributed by atoms with E-state index in [0.717, 1.165) is 55.4 Å². The van der Waals surface area contributed by atoms with Gasteiger partial charge >= 0.3 is 11.9 Å². The Kier molecular flexibility index (Phi) is 7.71. The number of hydrogen-bond acceptors (Lipinski definition) is 10. The molecule has 2 aromatic carbocycles. The highest BCUT2D eigenvalue weighted by Crippen LogP contribution is 2.27. The summed E-state index contributed by atoms with van der Waals surface area (Å²) in [5.41, 5.74) is -0.899. The number of esters is 2. The fourth-order valence-corrected chi connectivity index (χ4v) is 3.45. The molecule has 0 aliphatic carbocycles. The Hall–Kier alpha value is -4.10. The van der Waals surface area contributed by atoms with E-state index < -0.39 is 34.1 Å². The van der Waals surface area contributed by atoms with Crippen LogP contribution in [0, 0.1) is 15.9 Å². The molecule has 0 spiro atoms. The first-order valence-corrected chi connectivity index (χ1v) is 10.2. The molecule has 34 heavy (non-hydrogen) atoms. The maximum absolute atomic E-state index is 14.0. The van der Waals surface area contributed by atoms with Gasteiger partial charge in [-0.05, 0) is 30.0 Å². The van der Waals surface area contributed by atoms with E-state index in [1.165, 1.54) is 12.1 Å². The summed E-state index contributed by atoms with van der Waals surface area (Å²) in [7, 11) is 1.15. The molecule has 174 valence electrons. The SMILES string of the molecule is COC(=O)/C=C1/S/C(=N\N=Cc2cc([N+](=O)[O-])ccc2OC(=O)c2c(F)cccc2Cl)NC1=O. The molecule has 1 N–H and O–H groups in total. The van der Waals surface area contributed by atoms with E-state index in [-0.39, 0.29) is 32.1 Å². The third-order valence-electron chi connectivity index (χ3n) is 4.02. The molecule has 14 heteroatoms. The van der Waals surface area contributed by atoms with Crippen LogP contribution in [0.25, 0.3) is 0 Å². The van der Waals surface area contributed by atoms with Crippen LogP contribution in [-0.4, -0.2) is 41.3 Å². The highest BCUT2D eigenvalue weighted by atomic mass is 35.5. The number of halogens is 2. The fourth-order valence-electron chi connectivity index (χ4n) is 2.47. The number of methoxy groups -OCH3 is 1. The van der Waals surface area contributed by atoms with Crippen molar-refractivity contribution in [3.05, 3.63) is 79.5 Å². The molecule has 1 heterocycles. The topological polar surface area (TPSA) is 150 Å². The van der Waals surface area contributed by atoms with Gasteiger partial charge in [-0.3, -0.25) is 20.2 Å². The van der Waals surface area contributed by atoms with Crippen LogP contribution in [0.2, 0.25) is 5.02 Å². The summed E-state index contributed by atoms with van der Waals surface area (Å²) in [4.78, 5) is 46.0. The van der Waals surface area contributed by atoms with Crippen molar-refractivity contribution in [1.82, 2.24) is 5.32 Å². The summed E-state index contributed by atoms with van der Waals surface area (Å²) in [6.45, 7) is 0. The molecule has 0 atom stereocenters. The Morgan fingerprint density at radius 3 is 2.74 bits per heavy atom. The van der Waals surface area contributed by atoms with Gasteiger partial charge in [-0.15, -0.1) is 5.10 Å². The van der Waals surface area contributed by atoms with Crippen LogP contribution in [0.4, 0.5) is 10.1 Å². The molecule has 3 rings (SSSR count). The van der Waals surface area contributed by atoms with Crippen LogP contribution in [0.5, 0.6) is 5.75 Å². The summed E-state index contributed by atoms with van der Waals surface area (Å²) in [5, 5.41) is 20.8. The van der Waals surface area contributed by atoms with Gasteiger partial charge in [0.1, 0.15) is 17.1 Å². The van der Waals surface area contributed by atoms with Gasteiger partial charge < -0.3 is 9.47 Å². The van der Waals surface area contributed by atoms with Crippen molar-refractivity contribution in [2.75, 3.05) is 7.11 Å². The van der Waals surface area contributed by atoms with Crippen LogP contribution in [0.1, 0.15) is 15.9 Å². The first kappa shape index (κ1) is 24.5. The maximum atomic E-state index is 14.0. The average Bonchev–Trinajstić information content (AvgIpc) is 3.13. The molecular weight excluding hydrogens is 495 g/mol. The number of benzene rings is 2. The van der Waals surface area contributed by atoms with E-state index >= 15 is 0 Å². The van der Waals surface area contributed by atoms with Crippen LogP contribution in [-0.2, 0) is 14.3 Å². The van der Waals surface area contributed by atoms with Crippen LogP contribution in [0.3, 0.4) is 0 Å². The van der Waals surface area contributed by atoms with Crippen molar-refractivity contribution >= 4 is 58.3 Å². The summed E-state index contributed by atoms with van der Waals surface area (Å²) in [5.74, 6) is -3.57. The van der Waals surface area contributed by atoms with Gasteiger partial charge in [0, 0.05) is 23.8 Å².